The zero-order valence-corrected chi connectivity index (χ0v) is 19.4. The topological polar surface area (TPSA) is 104 Å². The van der Waals surface area contributed by atoms with E-state index in [4.69, 9.17) is 16.3 Å². The summed E-state index contributed by atoms with van der Waals surface area (Å²) in [4.78, 5) is 35.1. The Morgan fingerprint density at radius 1 is 1.06 bits per heavy atom. The van der Waals surface area contributed by atoms with Crippen LogP contribution in [0.2, 0.25) is 5.02 Å². The number of aryl methyl sites for hydroxylation is 1. The second-order valence-electron chi connectivity index (χ2n) is 8.52. The molecule has 4 heterocycles. The van der Waals surface area contributed by atoms with Gasteiger partial charge in [0.1, 0.15) is 5.82 Å². The number of unbranched alkanes of at least 4 members (excludes halogenated alkanes) is 1. The van der Waals surface area contributed by atoms with Gasteiger partial charge in [0.15, 0.2) is 0 Å². The molecule has 10 heteroatoms. The zero-order chi connectivity index (χ0) is 23.7. The first-order chi connectivity index (χ1) is 16.6. The lowest BCUT2D eigenvalue weighted by molar-refractivity contribution is 0.0696. The summed E-state index contributed by atoms with van der Waals surface area (Å²) >= 11 is 6.13. The van der Waals surface area contributed by atoms with Crippen LogP contribution in [0.4, 0.5) is 0 Å². The van der Waals surface area contributed by atoms with Crippen molar-refractivity contribution in [2.75, 3.05) is 19.8 Å². The quantitative estimate of drug-likeness (QED) is 0.405. The number of aliphatic hydroxyl groups is 1. The van der Waals surface area contributed by atoms with Crippen LogP contribution in [-0.4, -0.2) is 48.6 Å². The van der Waals surface area contributed by atoms with Gasteiger partial charge in [-0.15, -0.1) is 0 Å². The van der Waals surface area contributed by atoms with Crippen LogP contribution in [0.1, 0.15) is 37.5 Å². The van der Waals surface area contributed by atoms with Crippen LogP contribution in [0.5, 0.6) is 0 Å². The number of fused-ring (bicyclic) bond motifs is 2. The van der Waals surface area contributed by atoms with Gasteiger partial charge in [0.25, 0.3) is 5.56 Å². The summed E-state index contributed by atoms with van der Waals surface area (Å²) in [5, 5.41) is 10.2. The Bertz CT molecular complexity index is 1450. The van der Waals surface area contributed by atoms with E-state index in [9.17, 15) is 14.7 Å². The normalized spacial score (nSPS) is 14.9. The van der Waals surface area contributed by atoms with E-state index >= 15 is 0 Å². The van der Waals surface area contributed by atoms with E-state index in [1.165, 1.54) is 0 Å². The number of pyridine rings is 1. The SMILES string of the molecule is O=c1nc(Cn2c(=O)n(C3CCOCC3)c3ccncc32)n(CCCCO)c2ccc(Cl)cc12. The Balaban J connectivity index is 1.66. The summed E-state index contributed by atoms with van der Waals surface area (Å²) in [6.45, 7) is 2.00. The molecule has 0 amide bonds. The molecular weight excluding hydrogens is 458 g/mol. The lowest BCUT2D eigenvalue weighted by Crippen LogP contribution is -2.32. The molecule has 0 saturated carbocycles. The molecule has 0 spiro atoms. The predicted molar refractivity (Wildman–Crippen MR) is 130 cm³/mol. The maximum atomic E-state index is 13.6. The first kappa shape index (κ1) is 22.8. The van der Waals surface area contributed by atoms with Crippen LogP contribution < -0.4 is 11.2 Å². The summed E-state index contributed by atoms with van der Waals surface area (Å²) in [6, 6.07) is 7.06. The first-order valence-corrected chi connectivity index (χ1v) is 11.9. The van der Waals surface area contributed by atoms with Crippen molar-refractivity contribution in [3.63, 3.8) is 0 Å². The molecule has 3 aromatic heterocycles. The lowest BCUT2D eigenvalue weighted by Gasteiger charge is -2.23. The average molecular weight is 484 g/mol. The molecule has 1 fully saturated rings. The number of rotatable bonds is 7. The molecule has 1 N–H and O–H groups in total. The third-order valence-corrected chi connectivity index (χ3v) is 6.67. The fourth-order valence-electron chi connectivity index (χ4n) is 4.76. The molecule has 0 unspecified atom stereocenters. The summed E-state index contributed by atoms with van der Waals surface area (Å²) in [6.07, 6.45) is 6.22. The van der Waals surface area contributed by atoms with Gasteiger partial charge in [-0.25, -0.2) is 4.79 Å². The number of imidazole rings is 1. The highest BCUT2D eigenvalue weighted by Crippen LogP contribution is 2.25. The van der Waals surface area contributed by atoms with Crippen LogP contribution >= 0.6 is 11.6 Å². The van der Waals surface area contributed by atoms with Gasteiger partial charge in [-0.3, -0.25) is 18.9 Å². The van der Waals surface area contributed by atoms with E-state index < -0.39 is 0 Å². The minimum absolute atomic E-state index is 0.0471. The Labute approximate surface area is 200 Å². The molecule has 0 atom stereocenters. The van der Waals surface area contributed by atoms with Crippen LogP contribution in [0, 0.1) is 0 Å². The molecule has 0 bridgehead atoms. The molecule has 1 aromatic carbocycles. The van der Waals surface area contributed by atoms with E-state index in [0.29, 0.717) is 59.9 Å². The van der Waals surface area contributed by atoms with E-state index in [2.05, 4.69) is 9.97 Å². The van der Waals surface area contributed by atoms with Crippen molar-refractivity contribution in [1.82, 2.24) is 23.7 Å². The molecule has 0 radical (unpaired) electrons. The van der Waals surface area contributed by atoms with Gasteiger partial charge in [-0.05, 0) is 49.9 Å². The van der Waals surface area contributed by atoms with Crippen molar-refractivity contribution in [1.29, 1.82) is 0 Å². The molecule has 34 heavy (non-hydrogen) atoms. The van der Waals surface area contributed by atoms with Crippen molar-refractivity contribution in [2.24, 2.45) is 0 Å². The van der Waals surface area contributed by atoms with Gasteiger partial charge in [-0.1, -0.05) is 11.6 Å². The van der Waals surface area contributed by atoms with Crippen LogP contribution in [0.3, 0.4) is 0 Å². The molecule has 1 saturated heterocycles. The standard InChI is InChI=1S/C24H26ClN5O4/c25-16-3-4-19-18(13-16)23(32)27-22(28(19)9-1-2-10-31)15-29-21-14-26-8-5-20(21)30(24(29)33)17-6-11-34-12-7-17/h3-5,8,13-14,17,31H,1-2,6-7,9-12,15H2. The van der Waals surface area contributed by atoms with Gasteiger partial charge in [-0.2, -0.15) is 4.98 Å². The monoisotopic (exact) mass is 483 g/mol. The van der Waals surface area contributed by atoms with Gasteiger partial charge in [0, 0.05) is 43.6 Å². The molecule has 4 aromatic rings. The molecule has 1 aliphatic heterocycles. The molecular formula is C24H26ClN5O4. The van der Waals surface area contributed by atoms with Gasteiger partial charge in [0.05, 0.1) is 34.7 Å². The van der Waals surface area contributed by atoms with Crippen LogP contribution in [-0.2, 0) is 17.8 Å². The number of hydrogen-bond acceptors (Lipinski definition) is 6. The number of nitrogens with zero attached hydrogens (tertiary/aromatic N) is 5. The molecule has 5 rings (SSSR count). The minimum atomic E-state index is -0.384. The maximum Gasteiger partial charge on any atom is 0.329 e. The van der Waals surface area contributed by atoms with Gasteiger partial charge >= 0.3 is 5.69 Å². The van der Waals surface area contributed by atoms with E-state index in [1.807, 2.05) is 15.2 Å². The molecule has 1 aliphatic rings. The third kappa shape index (κ3) is 4.15. The fraction of sp³-hybridized carbons (Fsp3) is 0.417. The minimum Gasteiger partial charge on any atom is -0.396 e. The predicted octanol–water partition coefficient (Wildman–Crippen LogP) is 2.73. The Morgan fingerprint density at radius 2 is 1.88 bits per heavy atom. The van der Waals surface area contributed by atoms with Crippen LogP contribution in [0.15, 0.2) is 46.2 Å². The molecule has 178 valence electrons. The third-order valence-electron chi connectivity index (χ3n) is 6.43. The first-order valence-electron chi connectivity index (χ1n) is 11.5. The Morgan fingerprint density at radius 3 is 2.68 bits per heavy atom. The van der Waals surface area contributed by atoms with Crippen molar-refractivity contribution in [3.8, 4) is 0 Å². The highest BCUT2D eigenvalue weighted by Gasteiger charge is 2.24. The second kappa shape index (κ2) is 9.69. The van der Waals surface area contributed by atoms with E-state index in [1.54, 1.807) is 35.2 Å². The molecule has 0 aliphatic carbocycles. The Hall–Kier alpha value is -3.01. The van der Waals surface area contributed by atoms with Crippen LogP contribution in [0.25, 0.3) is 21.9 Å². The Kier molecular flexibility index (Phi) is 6.49. The number of hydrogen-bond donors (Lipinski definition) is 1. The fourth-order valence-corrected chi connectivity index (χ4v) is 4.93. The number of ether oxygens (including phenoxy) is 1. The van der Waals surface area contributed by atoms with Crippen molar-refractivity contribution in [2.45, 2.75) is 44.8 Å². The number of aliphatic hydroxyl groups excluding tert-OH is 1. The largest absolute Gasteiger partial charge is 0.396 e. The average Bonchev–Trinajstić information content (AvgIpc) is 3.13. The number of aromatic nitrogens is 5. The van der Waals surface area contributed by atoms with Crippen molar-refractivity contribution < 1.29 is 9.84 Å². The zero-order valence-electron chi connectivity index (χ0n) is 18.7. The van der Waals surface area contributed by atoms with Crippen molar-refractivity contribution >= 4 is 33.5 Å². The van der Waals surface area contributed by atoms with Crippen molar-refractivity contribution in [3.05, 3.63) is 68.3 Å². The lowest BCUT2D eigenvalue weighted by atomic mass is 10.1. The van der Waals surface area contributed by atoms with Gasteiger partial charge < -0.3 is 14.4 Å². The summed E-state index contributed by atoms with van der Waals surface area (Å²) in [7, 11) is 0. The van der Waals surface area contributed by atoms with E-state index in [0.717, 1.165) is 18.4 Å². The highest BCUT2D eigenvalue weighted by atomic mass is 35.5. The highest BCUT2D eigenvalue weighted by molar-refractivity contribution is 6.31. The summed E-state index contributed by atoms with van der Waals surface area (Å²) < 4.78 is 10.9. The maximum absolute atomic E-state index is 13.6. The molecule has 9 nitrogen and oxygen atoms in total. The summed E-state index contributed by atoms with van der Waals surface area (Å²) in [5.41, 5.74) is 1.68. The second-order valence-corrected chi connectivity index (χ2v) is 8.96. The summed E-state index contributed by atoms with van der Waals surface area (Å²) in [5.74, 6) is 0.481. The smallest absolute Gasteiger partial charge is 0.329 e. The number of benzene rings is 1. The van der Waals surface area contributed by atoms with E-state index in [-0.39, 0.29) is 30.4 Å². The van der Waals surface area contributed by atoms with Gasteiger partial charge in [0.2, 0.25) is 0 Å². The number of halogens is 1.